The molecule has 3 rings (SSSR count). The lowest BCUT2D eigenvalue weighted by Crippen LogP contribution is -2.32. The minimum absolute atomic E-state index is 0.130. The number of rotatable bonds is 6. The molecule has 134 valence electrons. The number of nitrogens with zero attached hydrogens (tertiary/aromatic N) is 3. The van der Waals surface area contributed by atoms with Crippen molar-refractivity contribution in [1.82, 2.24) is 15.0 Å². The predicted molar refractivity (Wildman–Crippen MR) is 85.2 cm³/mol. The van der Waals surface area contributed by atoms with Gasteiger partial charge >= 0.3 is 0 Å². The highest BCUT2D eigenvalue weighted by Gasteiger charge is 2.38. The van der Waals surface area contributed by atoms with Crippen LogP contribution in [0.4, 0.5) is 4.39 Å². The van der Waals surface area contributed by atoms with E-state index < -0.39 is 18.0 Å². The molecule has 1 fully saturated rings. The van der Waals surface area contributed by atoms with Crippen molar-refractivity contribution in [2.75, 3.05) is 13.2 Å². The fourth-order valence-corrected chi connectivity index (χ4v) is 2.88. The van der Waals surface area contributed by atoms with Gasteiger partial charge in [0.15, 0.2) is 17.4 Å². The van der Waals surface area contributed by atoms with Gasteiger partial charge in [-0.1, -0.05) is 17.3 Å². The Morgan fingerprint density at radius 2 is 2.28 bits per heavy atom. The average Bonchev–Trinajstić information content (AvgIpc) is 3.18. The maximum Gasteiger partial charge on any atom is 0.249 e. The standard InChI is InChI=1S/C17H20FN3O4/c1-11-19-17(25-20-11)14-9-12(22)10-21(14)16(23)7-4-8-24-15-6-3-2-5-13(15)18/h2-3,5-6,12,14,22H,4,7-10H2,1H3/t12-,14-/m1/s1. The number of carbonyl (C=O) groups is 1. The summed E-state index contributed by atoms with van der Waals surface area (Å²) >= 11 is 0. The van der Waals surface area contributed by atoms with Crippen LogP contribution in [0.3, 0.4) is 0 Å². The minimum atomic E-state index is -0.615. The van der Waals surface area contributed by atoms with E-state index in [4.69, 9.17) is 9.26 Å². The average molecular weight is 349 g/mol. The first-order chi connectivity index (χ1) is 12.0. The molecule has 25 heavy (non-hydrogen) atoms. The second-order valence-corrected chi connectivity index (χ2v) is 6.01. The Hall–Kier alpha value is -2.48. The molecule has 0 aliphatic carbocycles. The summed E-state index contributed by atoms with van der Waals surface area (Å²) in [5, 5.41) is 13.6. The highest BCUT2D eigenvalue weighted by Crippen LogP contribution is 2.31. The second-order valence-electron chi connectivity index (χ2n) is 6.01. The first kappa shape index (κ1) is 17.3. The number of aryl methyl sites for hydroxylation is 1. The van der Waals surface area contributed by atoms with Crippen LogP contribution in [0.1, 0.15) is 37.0 Å². The Kier molecular flexibility index (Phi) is 5.28. The number of hydrogen-bond acceptors (Lipinski definition) is 6. The summed E-state index contributed by atoms with van der Waals surface area (Å²) in [6.07, 6.45) is 0.426. The van der Waals surface area contributed by atoms with E-state index in [1.807, 2.05) is 0 Å². The van der Waals surface area contributed by atoms with Crippen LogP contribution in [0.5, 0.6) is 5.75 Å². The van der Waals surface area contributed by atoms with Gasteiger partial charge in [0, 0.05) is 19.4 Å². The molecule has 1 N–H and O–H groups in total. The van der Waals surface area contributed by atoms with Crippen molar-refractivity contribution >= 4 is 5.91 Å². The van der Waals surface area contributed by atoms with Gasteiger partial charge in [-0.25, -0.2) is 4.39 Å². The Morgan fingerprint density at radius 1 is 1.48 bits per heavy atom. The van der Waals surface area contributed by atoms with Crippen LogP contribution in [0.2, 0.25) is 0 Å². The quantitative estimate of drug-likeness (QED) is 0.803. The van der Waals surface area contributed by atoms with E-state index >= 15 is 0 Å². The van der Waals surface area contributed by atoms with Gasteiger partial charge in [0.1, 0.15) is 6.04 Å². The molecule has 2 atom stereocenters. The highest BCUT2D eigenvalue weighted by molar-refractivity contribution is 5.77. The van der Waals surface area contributed by atoms with E-state index in [9.17, 15) is 14.3 Å². The van der Waals surface area contributed by atoms with Crippen LogP contribution in [-0.4, -0.2) is 45.3 Å². The molecule has 2 heterocycles. The lowest BCUT2D eigenvalue weighted by atomic mass is 10.2. The van der Waals surface area contributed by atoms with Gasteiger partial charge in [0.25, 0.3) is 0 Å². The summed E-state index contributed by atoms with van der Waals surface area (Å²) in [5.41, 5.74) is 0. The minimum Gasteiger partial charge on any atom is -0.491 e. The molecule has 0 saturated carbocycles. The summed E-state index contributed by atoms with van der Waals surface area (Å²) in [6, 6.07) is 5.73. The van der Waals surface area contributed by atoms with Gasteiger partial charge in [0.05, 0.1) is 12.7 Å². The van der Waals surface area contributed by atoms with Crippen LogP contribution in [0.15, 0.2) is 28.8 Å². The number of benzene rings is 1. The Labute approximate surface area is 144 Å². The van der Waals surface area contributed by atoms with Gasteiger partial charge in [-0.15, -0.1) is 0 Å². The van der Waals surface area contributed by atoms with E-state index in [1.165, 1.54) is 6.07 Å². The third-order valence-electron chi connectivity index (χ3n) is 4.06. The van der Waals surface area contributed by atoms with Crippen molar-refractivity contribution in [2.24, 2.45) is 0 Å². The van der Waals surface area contributed by atoms with Crippen LogP contribution in [0.25, 0.3) is 0 Å². The van der Waals surface area contributed by atoms with E-state index in [0.717, 1.165) is 0 Å². The largest absolute Gasteiger partial charge is 0.491 e. The highest BCUT2D eigenvalue weighted by atomic mass is 19.1. The van der Waals surface area contributed by atoms with Crippen LogP contribution in [-0.2, 0) is 4.79 Å². The fraction of sp³-hybridized carbons (Fsp3) is 0.471. The number of aliphatic hydroxyl groups excluding tert-OH is 1. The van der Waals surface area contributed by atoms with Crippen molar-refractivity contribution in [2.45, 2.75) is 38.3 Å². The summed E-state index contributed by atoms with van der Waals surface area (Å²) in [4.78, 5) is 18.2. The van der Waals surface area contributed by atoms with Gasteiger partial charge < -0.3 is 19.3 Å². The number of β-amino-alcohol motifs (C(OH)–C–C–N with tert-alkyl or cyclic N) is 1. The van der Waals surface area contributed by atoms with Crippen LogP contribution < -0.4 is 4.74 Å². The zero-order valence-corrected chi connectivity index (χ0v) is 13.9. The number of halogens is 1. The molecule has 1 aromatic carbocycles. The molecule has 8 heteroatoms. The summed E-state index contributed by atoms with van der Waals surface area (Å²) in [5.74, 6) is 0.440. The van der Waals surface area contributed by atoms with Gasteiger partial charge in [0.2, 0.25) is 11.8 Å². The Balaban J connectivity index is 1.52. The smallest absolute Gasteiger partial charge is 0.249 e. The van der Waals surface area contributed by atoms with Crippen molar-refractivity contribution in [3.05, 3.63) is 41.8 Å². The topological polar surface area (TPSA) is 88.7 Å². The molecule has 1 aliphatic rings. The molecule has 1 aliphatic heterocycles. The summed E-state index contributed by atoms with van der Waals surface area (Å²) < 4.78 is 23.9. The molecule has 0 bridgehead atoms. The number of hydrogen-bond donors (Lipinski definition) is 1. The van der Waals surface area contributed by atoms with Crippen LogP contribution >= 0.6 is 0 Å². The third-order valence-corrected chi connectivity index (χ3v) is 4.06. The summed E-state index contributed by atoms with van der Waals surface area (Å²) in [7, 11) is 0. The number of para-hydroxylation sites is 1. The van der Waals surface area contributed by atoms with Crippen molar-refractivity contribution in [3.8, 4) is 5.75 Å². The van der Waals surface area contributed by atoms with Crippen LogP contribution in [0, 0.1) is 12.7 Å². The van der Waals surface area contributed by atoms with E-state index in [0.29, 0.717) is 24.6 Å². The molecule has 1 aromatic heterocycles. The summed E-state index contributed by atoms with van der Waals surface area (Å²) in [6.45, 7) is 2.16. The number of aliphatic hydroxyl groups is 1. The monoisotopic (exact) mass is 349 g/mol. The molecular formula is C17H20FN3O4. The van der Waals surface area contributed by atoms with Crippen molar-refractivity contribution in [1.29, 1.82) is 0 Å². The maximum atomic E-state index is 13.5. The van der Waals surface area contributed by atoms with Gasteiger partial charge in [-0.2, -0.15) is 4.98 Å². The first-order valence-electron chi connectivity index (χ1n) is 8.19. The lowest BCUT2D eigenvalue weighted by Gasteiger charge is -2.21. The van der Waals surface area contributed by atoms with Crippen molar-refractivity contribution < 1.29 is 23.6 Å². The fourth-order valence-electron chi connectivity index (χ4n) is 2.88. The van der Waals surface area contributed by atoms with E-state index in [1.54, 1.807) is 30.0 Å². The van der Waals surface area contributed by atoms with Gasteiger partial charge in [-0.3, -0.25) is 4.79 Å². The number of ether oxygens (including phenoxy) is 1. The third kappa shape index (κ3) is 4.14. The molecular weight excluding hydrogens is 329 g/mol. The first-order valence-corrected chi connectivity index (χ1v) is 8.19. The predicted octanol–water partition coefficient (Wildman–Crippen LogP) is 2.01. The number of likely N-dealkylation sites (tertiary alicyclic amines) is 1. The number of carbonyl (C=O) groups excluding carboxylic acids is 1. The number of aromatic nitrogens is 2. The molecule has 0 unspecified atom stereocenters. The molecule has 0 spiro atoms. The van der Waals surface area contributed by atoms with E-state index in [2.05, 4.69) is 10.1 Å². The normalized spacial score (nSPS) is 20.0. The second kappa shape index (κ2) is 7.60. The molecule has 2 aromatic rings. The molecule has 7 nitrogen and oxygen atoms in total. The zero-order valence-electron chi connectivity index (χ0n) is 13.9. The van der Waals surface area contributed by atoms with Crippen molar-refractivity contribution in [3.63, 3.8) is 0 Å². The Bertz CT molecular complexity index is 736. The van der Waals surface area contributed by atoms with Gasteiger partial charge in [-0.05, 0) is 25.5 Å². The van der Waals surface area contributed by atoms with E-state index in [-0.39, 0.29) is 31.2 Å². The number of amides is 1. The lowest BCUT2D eigenvalue weighted by molar-refractivity contribution is -0.133. The molecule has 1 saturated heterocycles. The maximum absolute atomic E-state index is 13.5. The molecule has 1 amide bonds. The SMILES string of the molecule is Cc1noc([C@H]2C[C@@H](O)CN2C(=O)CCCOc2ccccc2F)n1. The Morgan fingerprint density at radius 3 is 3.00 bits per heavy atom. The molecule has 0 radical (unpaired) electrons. The zero-order chi connectivity index (χ0) is 17.8.